The molecule has 1 saturated carbocycles. The van der Waals surface area contributed by atoms with Crippen molar-refractivity contribution in [2.24, 2.45) is 5.92 Å². The number of aliphatic hydroxyl groups is 1. The van der Waals surface area contributed by atoms with E-state index in [4.69, 9.17) is 6.42 Å². The molecule has 0 bridgehead atoms. The summed E-state index contributed by atoms with van der Waals surface area (Å²) in [4.78, 5) is 2.25. The zero-order chi connectivity index (χ0) is 13.0. The molecule has 1 aromatic rings. The first-order chi connectivity index (χ1) is 8.74. The second-order valence-corrected chi connectivity index (χ2v) is 5.04. The van der Waals surface area contributed by atoms with Crippen LogP contribution in [0.2, 0.25) is 0 Å². The number of hydrogen-bond acceptors (Lipinski definition) is 2. The van der Waals surface area contributed by atoms with Gasteiger partial charge in [-0.2, -0.15) is 0 Å². The highest BCUT2D eigenvalue weighted by molar-refractivity contribution is 5.49. The van der Waals surface area contributed by atoms with E-state index in [-0.39, 0.29) is 6.10 Å². The minimum Gasteiger partial charge on any atom is -0.388 e. The third kappa shape index (κ3) is 3.27. The van der Waals surface area contributed by atoms with Gasteiger partial charge in [0.1, 0.15) is 0 Å². The van der Waals surface area contributed by atoms with Crippen LogP contribution in [-0.2, 0) is 0 Å². The highest BCUT2D eigenvalue weighted by Crippen LogP contribution is 2.31. The van der Waals surface area contributed by atoms with Gasteiger partial charge >= 0.3 is 0 Å². The van der Waals surface area contributed by atoms with Crippen molar-refractivity contribution in [1.82, 2.24) is 0 Å². The number of rotatable bonds is 6. The third-order valence-electron chi connectivity index (χ3n) is 3.49. The van der Waals surface area contributed by atoms with Gasteiger partial charge in [0, 0.05) is 12.2 Å². The Hall–Kier alpha value is -1.46. The summed E-state index contributed by atoms with van der Waals surface area (Å²) in [6, 6.07) is 8.13. The van der Waals surface area contributed by atoms with Gasteiger partial charge < -0.3 is 10.0 Å². The van der Waals surface area contributed by atoms with Crippen molar-refractivity contribution >= 4 is 5.69 Å². The predicted molar refractivity (Wildman–Crippen MR) is 75.5 cm³/mol. The molecule has 2 heteroatoms. The lowest BCUT2D eigenvalue weighted by Crippen LogP contribution is -2.25. The number of terminal acetylenes is 1. The summed E-state index contributed by atoms with van der Waals surface area (Å²) >= 11 is 0. The van der Waals surface area contributed by atoms with Crippen LogP contribution in [0.25, 0.3) is 0 Å². The molecular weight excluding hydrogens is 222 g/mol. The molecule has 0 amide bonds. The molecule has 0 saturated heterocycles. The summed E-state index contributed by atoms with van der Waals surface area (Å²) in [6.45, 7) is 3.70. The summed E-state index contributed by atoms with van der Waals surface area (Å²) in [6.07, 6.45) is 8.47. The SMILES string of the molecule is C#CCN(CC1CC1)c1ccc([C@@H](O)CC)cc1. The van der Waals surface area contributed by atoms with Crippen LogP contribution in [0.5, 0.6) is 0 Å². The molecule has 1 aliphatic rings. The lowest BCUT2D eigenvalue weighted by molar-refractivity contribution is 0.173. The number of aliphatic hydroxyl groups excluding tert-OH is 1. The summed E-state index contributed by atoms with van der Waals surface area (Å²) < 4.78 is 0. The van der Waals surface area contributed by atoms with Crippen molar-refractivity contribution in [3.63, 3.8) is 0 Å². The Morgan fingerprint density at radius 3 is 2.56 bits per heavy atom. The quantitative estimate of drug-likeness (QED) is 0.776. The minimum absolute atomic E-state index is 0.358. The van der Waals surface area contributed by atoms with Gasteiger partial charge in [-0.05, 0) is 42.9 Å². The number of nitrogens with zero attached hydrogens (tertiary/aromatic N) is 1. The molecule has 1 aliphatic carbocycles. The van der Waals surface area contributed by atoms with Crippen molar-refractivity contribution in [2.75, 3.05) is 18.0 Å². The lowest BCUT2D eigenvalue weighted by Gasteiger charge is -2.23. The molecule has 1 atom stereocenters. The van der Waals surface area contributed by atoms with Gasteiger partial charge in [-0.25, -0.2) is 0 Å². The van der Waals surface area contributed by atoms with Crippen LogP contribution in [-0.4, -0.2) is 18.2 Å². The molecule has 0 spiro atoms. The van der Waals surface area contributed by atoms with Crippen molar-refractivity contribution < 1.29 is 5.11 Å². The van der Waals surface area contributed by atoms with Crippen molar-refractivity contribution in [2.45, 2.75) is 32.3 Å². The number of hydrogen-bond donors (Lipinski definition) is 1. The largest absolute Gasteiger partial charge is 0.388 e. The van der Waals surface area contributed by atoms with E-state index >= 15 is 0 Å². The molecule has 96 valence electrons. The van der Waals surface area contributed by atoms with Crippen LogP contribution >= 0.6 is 0 Å². The molecule has 0 radical (unpaired) electrons. The van der Waals surface area contributed by atoms with E-state index in [1.807, 2.05) is 19.1 Å². The first-order valence-electron chi connectivity index (χ1n) is 6.71. The molecule has 2 nitrogen and oxygen atoms in total. The molecular formula is C16H21NO. The van der Waals surface area contributed by atoms with Gasteiger partial charge in [-0.3, -0.25) is 0 Å². The van der Waals surface area contributed by atoms with Crippen molar-refractivity contribution in [1.29, 1.82) is 0 Å². The minimum atomic E-state index is -0.358. The van der Waals surface area contributed by atoms with Gasteiger partial charge in [0.2, 0.25) is 0 Å². The maximum absolute atomic E-state index is 9.77. The number of benzene rings is 1. The standard InChI is InChI=1S/C16H21NO/c1-3-11-17(12-13-5-6-13)15-9-7-14(8-10-15)16(18)4-2/h1,7-10,13,16,18H,4-6,11-12H2,2H3/t16-/m0/s1. The maximum Gasteiger partial charge on any atom is 0.0791 e. The first-order valence-corrected chi connectivity index (χ1v) is 6.71. The summed E-state index contributed by atoms with van der Waals surface area (Å²) in [5.74, 6) is 3.54. The second-order valence-electron chi connectivity index (χ2n) is 5.04. The average molecular weight is 243 g/mol. The fourth-order valence-corrected chi connectivity index (χ4v) is 2.13. The zero-order valence-corrected chi connectivity index (χ0v) is 11.0. The van der Waals surface area contributed by atoms with Gasteiger partial charge in [0.05, 0.1) is 12.6 Å². The monoisotopic (exact) mass is 243 g/mol. The van der Waals surface area contributed by atoms with Crippen LogP contribution in [0.4, 0.5) is 5.69 Å². The molecule has 0 unspecified atom stereocenters. The Bertz CT molecular complexity index is 414. The summed E-state index contributed by atoms with van der Waals surface area (Å²) in [7, 11) is 0. The molecule has 1 aromatic carbocycles. The van der Waals surface area contributed by atoms with E-state index < -0.39 is 0 Å². The van der Waals surface area contributed by atoms with Crippen LogP contribution < -0.4 is 4.90 Å². The molecule has 0 heterocycles. The van der Waals surface area contributed by atoms with E-state index in [2.05, 4.69) is 23.0 Å². The molecule has 0 aromatic heterocycles. The third-order valence-corrected chi connectivity index (χ3v) is 3.49. The highest BCUT2D eigenvalue weighted by Gasteiger charge is 2.24. The Labute approximate surface area is 110 Å². The van der Waals surface area contributed by atoms with E-state index in [0.29, 0.717) is 6.54 Å². The Kier molecular flexibility index (Phi) is 4.28. The van der Waals surface area contributed by atoms with E-state index in [1.54, 1.807) is 0 Å². The predicted octanol–water partition coefficient (Wildman–Crippen LogP) is 2.98. The molecule has 2 rings (SSSR count). The van der Waals surface area contributed by atoms with Crippen LogP contribution in [0, 0.1) is 18.3 Å². The fraction of sp³-hybridized carbons (Fsp3) is 0.500. The number of anilines is 1. The highest BCUT2D eigenvalue weighted by atomic mass is 16.3. The molecule has 1 N–H and O–H groups in total. The topological polar surface area (TPSA) is 23.5 Å². The zero-order valence-electron chi connectivity index (χ0n) is 11.0. The molecule has 1 fully saturated rings. The van der Waals surface area contributed by atoms with E-state index in [9.17, 15) is 5.11 Å². The summed E-state index contributed by atoms with van der Waals surface area (Å²) in [5.41, 5.74) is 2.14. The normalized spacial score (nSPS) is 16.1. The Morgan fingerprint density at radius 1 is 1.39 bits per heavy atom. The van der Waals surface area contributed by atoms with E-state index in [1.165, 1.54) is 12.8 Å². The smallest absolute Gasteiger partial charge is 0.0791 e. The van der Waals surface area contributed by atoms with Gasteiger partial charge in [0.15, 0.2) is 0 Å². The first kappa shape index (κ1) is 13.0. The second kappa shape index (κ2) is 5.93. The Morgan fingerprint density at radius 2 is 2.06 bits per heavy atom. The van der Waals surface area contributed by atoms with Crippen LogP contribution in [0.3, 0.4) is 0 Å². The fourth-order valence-electron chi connectivity index (χ4n) is 2.13. The van der Waals surface area contributed by atoms with Crippen molar-refractivity contribution in [3.8, 4) is 12.3 Å². The Balaban J connectivity index is 2.07. The lowest BCUT2D eigenvalue weighted by atomic mass is 10.1. The summed E-state index contributed by atoms with van der Waals surface area (Å²) in [5, 5.41) is 9.77. The van der Waals surface area contributed by atoms with Crippen LogP contribution in [0.15, 0.2) is 24.3 Å². The van der Waals surface area contributed by atoms with Gasteiger partial charge in [0.25, 0.3) is 0 Å². The average Bonchev–Trinajstić information content (AvgIpc) is 3.21. The molecule has 18 heavy (non-hydrogen) atoms. The van der Waals surface area contributed by atoms with Gasteiger partial charge in [-0.15, -0.1) is 6.42 Å². The molecule has 0 aliphatic heterocycles. The van der Waals surface area contributed by atoms with Gasteiger partial charge in [-0.1, -0.05) is 25.0 Å². The maximum atomic E-state index is 9.77. The van der Waals surface area contributed by atoms with Crippen LogP contribution in [0.1, 0.15) is 37.9 Å². The van der Waals surface area contributed by atoms with E-state index in [0.717, 1.165) is 30.1 Å². The van der Waals surface area contributed by atoms with Crippen molar-refractivity contribution in [3.05, 3.63) is 29.8 Å².